The van der Waals surface area contributed by atoms with Crippen molar-refractivity contribution in [2.75, 3.05) is 13.4 Å². The molecule has 4 heteroatoms. The standard InChI is InChI=1S/C2H6O2S.Na.H/c1-4-5(2)3;;/h1-2H3;;. The van der Waals surface area contributed by atoms with E-state index in [1.807, 2.05) is 0 Å². The van der Waals surface area contributed by atoms with Gasteiger partial charge in [0, 0.05) is 6.26 Å². The Morgan fingerprint density at radius 1 is 1.67 bits per heavy atom. The number of hydrogen-bond acceptors (Lipinski definition) is 2. The van der Waals surface area contributed by atoms with Crippen molar-refractivity contribution in [2.45, 2.75) is 0 Å². The van der Waals surface area contributed by atoms with Crippen LogP contribution in [0, 0.1) is 0 Å². The monoisotopic (exact) mass is 118 g/mol. The van der Waals surface area contributed by atoms with E-state index in [-0.39, 0.29) is 29.6 Å². The fourth-order valence-electron chi connectivity index (χ4n) is 0. The molecule has 0 saturated heterocycles. The Labute approximate surface area is 62.2 Å². The molecular formula is C2H7NaO2S. The molecule has 0 aromatic carbocycles. The summed E-state index contributed by atoms with van der Waals surface area (Å²) in [6.45, 7) is 0. The van der Waals surface area contributed by atoms with Crippen LogP contribution >= 0.6 is 0 Å². The van der Waals surface area contributed by atoms with E-state index < -0.39 is 11.1 Å². The Kier molecular flexibility index (Phi) is 10.4. The van der Waals surface area contributed by atoms with Crippen LogP contribution in [0.1, 0.15) is 0 Å². The van der Waals surface area contributed by atoms with Gasteiger partial charge < -0.3 is 0 Å². The fraction of sp³-hybridized carbons (Fsp3) is 1.00. The van der Waals surface area contributed by atoms with E-state index in [2.05, 4.69) is 4.18 Å². The minimum absolute atomic E-state index is 0. The summed E-state index contributed by atoms with van der Waals surface area (Å²) < 4.78 is 13.9. The second-order valence-electron chi connectivity index (χ2n) is 0.568. The maximum absolute atomic E-state index is 9.70. The quantitative estimate of drug-likeness (QED) is 0.425. The van der Waals surface area contributed by atoms with Gasteiger partial charge in [0.15, 0.2) is 11.1 Å². The van der Waals surface area contributed by atoms with Gasteiger partial charge >= 0.3 is 29.6 Å². The van der Waals surface area contributed by atoms with E-state index in [4.69, 9.17) is 0 Å². The van der Waals surface area contributed by atoms with Crippen LogP contribution in [0.5, 0.6) is 0 Å². The molecule has 0 rings (SSSR count). The first-order valence-electron chi connectivity index (χ1n) is 1.15. The Bertz CT molecular complexity index is 46.8. The molecule has 0 aromatic heterocycles. The molecule has 0 fully saturated rings. The number of rotatable bonds is 1. The topological polar surface area (TPSA) is 26.3 Å². The predicted octanol–water partition coefficient (Wildman–Crippen LogP) is -0.722. The van der Waals surface area contributed by atoms with E-state index in [1.54, 1.807) is 0 Å². The molecule has 0 bridgehead atoms. The molecule has 1 unspecified atom stereocenters. The Hall–Kier alpha value is 1.11. The average molecular weight is 118 g/mol. The molecule has 0 N–H and O–H groups in total. The normalized spacial score (nSPS) is 12.3. The molecule has 6 heavy (non-hydrogen) atoms. The predicted molar refractivity (Wildman–Crippen MR) is 28.2 cm³/mol. The van der Waals surface area contributed by atoms with Gasteiger partial charge in [-0.15, -0.1) is 0 Å². The summed E-state index contributed by atoms with van der Waals surface area (Å²) in [5.41, 5.74) is 0. The van der Waals surface area contributed by atoms with Gasteiger partial charge in [0.2, 0.25) is 0 Å². The third-order valence-electron chi connectivity index (χ3n) is 0.235. The SMILES string of the molecule is COS(C)=O.[NaH]. The average Bonchev–Trinajstić information content (AvgIpc) is 1.38. The van der Waals surface area contributed by atoms with Crippen molar-refractivity contribution in [3.05, 3.63) is 0 Å². The van der Waals surface area contributed by atoms with E-state index in [9.17, 15) is 4.21 Å². The summed E-state index contributed by atoms with van der Waals surface area (Å²) in [5.74, 6) is 0. The van der Waals surface area contributed by atoms with E-state index in [0.29, 0.717) is 0 Å². The first kappa shape index (κ1) is 10.2. The molecule has 0 aliphatic carbocycles. The molecule has 0 aliphatic heterocycles. The third-order valence-corrected chi connectivity index (χ3v) is 0.704. The van der Waals surface area contributed by atoms with E-state index in [0.717, 1.165) is 0 Å². The second kappa shape index (κ2) is 6.11. The molecular weight excluding hydrogens is 111 g/mol. The summed E-state index contributed by atoms with van der Waals surface area (Å²) in [6.07, 6.45) is 1.47. The van der Waals surface area contributed by atoms with Gasteiger partial charge in [0.05, 0.1) is 7.11 Å². The van der Waals surface area contributed by atoms with Crippen molar-refractivity contribution < 1.29 is 8.39 Å². The third kappa shape index (κ3) is 8.92. The molecule has 0 heterocycles. The van der Waals surface area contributed by atoms with Gasteiger partial charge in [-0.2, -0.15) is 0 Å². The molecule has 0 aliphatic rings. The van der Waals surface area contributed by atoms with Crippen molar-refractivity contribution in [3.8, 4) is 0 Å². The van der Waals surface area contributed by atoms with Crippen LogP contribution in [0.4, 0.5) is 0 Å². The van der Waals surface area contributed by atoms with Crippen LogP contribution in [-0.4, -0.2) is 47.1 Å². The zero-order valence-corrected chi connectivity index (χ0v) is 4.04. The molecule has 0 aromatic rings. The van der Waals surface area contributed by atoms with Crippen LogP contribution in [-0.2, 0) is 15.3 Å². The van der Waals surface area contributed by atoms with Crippen molar-refractivity contribution in [3.63, 3.8) is 0 Å². The summed E-state index contributed by atoms with van der Waals surface area (Å²) in [6, 6.07) is 0. The van der Waals surface area contributed by atoms with Crippen LogP contribution in [0.3, 0.4) is 0 Å². The van der Waals surface area contributed by atoms with Crippen molar-refractivity contribution in [2.24, 2.45) is 0 Å². The summed E-state index contributed by atoms with van der Waals surface area (Å²) >= 11 is -1.07. The van der Waals surface area contributed by atoms with Gasteiger partial charge in [0.25, 0.3) is 0 Å². The molecule has 0 spiro atoms. The van der Waals surface area contributed by atoms with E-state index in [1.165, 1.54) is 13.4 Å². The molecule has 0 saturated carbocycles. The molecule has 2 nitrogen and oxygen atoms in total. The molecule has 0 radical (unpaired) electrons. The van der Waals surface area contributed by atoms with Crippen LogP contribution in [0.2, 0.25) is 0 Å². The minimum atomic E-state index is -1.07. The summed E-state index contributed by atoms with van der Waals surface area (Å²) in [7, 11) is 1.40. The van der Waals surface area contributed by atoms with Crippen molar-refractivity contribution in [1.82, 2.24) is 0 Å². The Morgan fingerprint density at radius 3 is 1.83 bits per heavy atom. The molecule has 0 amide bonds. The first-order valence-corrected chi connectivity index (χ1v) is 2.63. The van der Waals surface area contributed by atoms with Crippen LogP contribution < -0.4 is 0 Å². The molecule has 1 atom stereocenters. The van der Waals surface area contributed by atoms with E-state index >= 15 is 0 Å². The molecule has 34 valence electrons. The van der Waals surface area contributed by atoms with Gasteiger partial charge in [-0.1, -0.05) is 0 Å². The van der Waals surface area contributed by atoms with Gasteiger partial charge in [-0.25, -0.2) is 4.21 Å². The Morgan fingerprint density at radius 2 is 1.83 bits per heavy atom. The van der Waals surface area contributed by atoms with Crippen LogP contribution in [0.25, 0.3) is 0 Å². The number of hydrogen-bond donors (Lipinski definition) is 0. The van der Waals surface area contributed by atoms with Gasteiger partial charge in [0.1, 0.15) is 0 Å². The van der Waals surface area contributed by atoms with Crippen molar-refractivity contribution >= 4 is 40.6 Å². The fourth-order valence-corrected chi connectivity index (χ4v) is 0. The first-order chi connectivity index (χ1) is 2.27. The Balaban J connectivity index is 0. The zero-order chi connectivity index (χ0) is 4.28. The zero-order valence-electron chi connectivity index (χ0n) is 3.22. The van der Waals surface area contributed by atoms with Gasteiger partial charge in [-0.05, 0) is 0 Å². The van der Waals surface area contributed by atoms with Crippen LogP contribution in [0.15, 0.2) is 0 Å². The maximum atomic E-state index is 9.70. The summed E-state index contributed by atoms with van der Waals surface area (Å²) in [5, 5.41) is 0. The summed E-state index contributed by atoms with van der Waals surface area (Å²) in [4.78, 5) is 0. The van der Waals surface area contributed by atoms with Crippen molar-refractivity contribution in [1.29, 1.82) is 0 Å². The second-order valence-corrected chi connectivity index (χ2v) is 1.70. The van der Waals surface area contributed by atoms with Gasteiger partial charge in [-0.3, -0.25) is 4.18 Å².